The van der Waals surface area contributed by atoms with Crippen molar-refractivity contribution < 1.29 is 5.11 Å². The van der Waals surface area contributed by atoms with Gasteiger partial charge in [0.1, 0.15) is 0 Å². The first-order valence-electron chi connectivity index (χ1n) is 5.97. The zero-order valence-electron chi connectivity index (χ0n) is 10.3. The Morgan fingerprint density at radius 1 is 1.18 bits per heavy atom. The number of hydrogen-bond acceptors (Lipinski definition) is 2. The number of rotatable bonds is 7. The summed E-state index contributed by atoms with van der Waals surface area (Å²) in [7, 11) is 0. The summed E-state index contributed by atoms with van der Waals surface area (Å²) in [5, 5.41) is 9.54. The van der Waals surface area contributed by atoms with Gasteiger partial charge in [0.25, 0.3) is 0 Å². The molecule has 0 spiro atoms. The third-order valence-electron chi connectivity index (χ3n) is 2.35. The van der Waals surface area contributed by atoms with Crippen molar-refractivity contribution in [3.05, 3.63) is 60.2 Å². The summed E-state index contributed by atoms with van der Waals surface area (Å²) in [6, 6.07) is 10.2. The molecule has 0 fully saturated rings. The second-order valence-electron chi connectivity index (χ2n) is 3.68. The van der Waals surface area contributed by atoms with E-state index in [2.05, 4.69) is 43.4 Å². The van der Waals surface area contributed by atoms with E-state index in [0.29, 0.717) is 0 Å². The highest BCUT2D eigenvalue weighted by Gasteiger charge is 2.08. The fraction of sp³-hybridized carbons (Fsp3) is 0.333. The molecular weight excluding hydrogens is 228 g/mol. The molecule has 0 heterocycles. The van der Waals surface area contributed by atoms with Gasteiger partial charge in [-0.3, -0.25) is 0 Å². The predicted molar refractivity (Wildman–Crippen MR) is 77.3 cm³/mol. The van der Waals surface area contributed by atoms with Crippen LogP contribution in [0.4, 0.5) is 0 Å². The first-order chi connectivity index (χ1) is 8.38. The maximum atomic E-state index is 9.36. The minimum atomic E-state index is 0.177. The number of thioether (sulfide) groups is 1. The predicted octanol–water partition coefficient (Wildman–Crippen LogP) is 3.98. The highest BCUT2D eigenvalue weighted by atomic mass is 32.2. The van der Waals surface area contributed by atoms with E-state index in [4.69, 9.17) is 0 Å². The van der Waals surface area contributed by atoms with E-state index >= 15 is 0 Å². The molecule has 92 valence electrons. The third kappa shape index (κ3) is 5.76. The number of benzene rings is 1. The maximum absolute atomic E-state index is 9.36. The van der Waals surface area contributed by atoms with Crippen LogP contribution < -0.4 is 0 Å². The fourth-order valence-electron chi connectivity index (χ4n) is 1.44. The van der Waals surface area contributed by atoms with Gasteiger partial charge < -0.3 is 5.11 Å². The van der Waals surface area contributed by atoms with Crippen LogP contribution in [-0.2, 0) is 0 Å². The summed E-state index contributed by atoms with van der Waals surface area (Å²) < 4.78 is 0. The molecular formula is C15H20OS. The zero-order valence-corrected chi connectivity index (χ0v) is 11.1. The molecule has 0 aliphatic carbocycles. The summed E-state index contributed by atoms with van der Waals surface area (Å²) >= 11 is 1.76. The molecule has 0 aliphatic rings. The largest absolute Gasteiger partial charge is 0.395 e. The van der Waals surface area contributed by atoms with Crippen LogP contribution in [0.5, 0.6) is 0 Å². The maximum Gasteiger partial charge on any atom is 0.0591 e. The second-order valence-corrected chi connectivity index (χ2v) is 4.92. The molecule has 1 aromatic rings. The smallest absolute Gasteiger partial charge is 0.0591 e. The molecule has 1 unspecified atom stereocenters. The van der Waals surface area contributed by atoms with E-state index in [-0.39, 0.29) is 11.9 Å². The van der Waals surface area contributed by atoms with Gasteiger partial charge in [0.15, 0.2) is 0 Å². The van der Waals surface area contributed by atoms with E-state index in [0.717, 1.165) is 12.2 Å². The summed E-state index contributed by atoms with van der Waals surface area (Å²) in [4.78, 5) is 0. The summed E-state index contributed by atoms with van der Waals surface area (Å²) in [5.41, 5.74) is 1.19. The number of hydrogen-bond donors (Lipinski definition) is 1. The minimum absolute atomic E-state index is 0.177. The Morgan fingerprint density at radius 2 is 1.88 bits per heavy atom. The van der Waals surface area contributed by atoms with E-state index in [1.165, 1.54) is 5.56 Å². The van der Waals surface area contributed by atoms with Crippen molar-refractivity contribution >= 4 is 11.8 Å². The lowest BCUT2D eigenvalue weighted by atomic mass is 10.2. The summed E-state index contributed by atoms with van der Waals surface area (Å²) in [6.45, 7) is 2.31. The molecule has 0 aliphatic heterocycles. The van der Waals surface area contributed by atoms with Crippen molar-refractivity contribution in [1.29, 1.82) is 0 Å². The molecule has 0 saturated carbocycles. The Bertz CT molecular complexity index is 343. The van der Waals surface area contributed by atoms with Crippen LogP contribution in [0.1, 0.15) is 24.2 Å². The molecule has 17 heavy (non-hydrogen) atoms. The Labute approximate surface area is 108 Å². The molecule has 0 amide bonds. The van der Waals surface area contributed by atoms with Crippen molar-refractivity contribution in [3.63, 3.8) is 0 Å². The van der Waals surface area contributed by atoms with Gasteiger partial charge in [-0.2, -0.15) is 0 Å². The van der Waals surface area contributed by atoms with Gasteiger partial charge in [-0.25, -0.2) is 0 Å². The Morgan fingerprint density at radius 3 is 2.53 bits per heavy atom. The van der Waals surface area contributed by atoms with Crippen molar-refractivity contribution in [2.45, 2.75) is 18.6 Å². The van der Waals surface area contributed by atoms with Crippen molar-refractivity contribution in [3.8, 4) is 0 Å². The second kappa shape index (κ2) is 9.08. The van der Waals surface area contributed by atoms with Crippen LogP contribution in [0.15, 0.2) is 54.6 Å². The van der Waals surface area contributed by atoms with Gasteiger partial charge >= 0.3 is 0 Å². The first kappa shape index (κ1) is 14.1. The van der Waals surface area contributed by atoms with Gasteiger partial charge in [-0.15, -0.1) is 11.8 Å². The Kier molecular flexibility index (Phi) is 7.52. The van der Waals surface area contributed by atoms with E-state index in [1.807, 2.05) is 18.2 Å². The van der Waals surface area contributed by atoms with Crippen molar-refractivity contribution in [1.82, 2.24) is 0 Å². The summed E-state index contributed by atoms with van der Waals surface area (Å²) in [5.74, 6) is 0.925. The van der Waals surface area contributed by atoms with Crippen LogP contribution in [-0.4, -0.2) is 17.5 Å². The molecule has 0 aromatic heterocycles. The average Bonchev–Trinajstić information content (AvgIpc) is 2.39. The molecule has 0 radical (unpaired) electrons. The molecule has 2 heteroatoms. The SMILES string of the molecule is CCC=CC=CCSC(CO)c1ccccc1. The van der Waals surface area contributed by atoms with E-state index < -0.39 is 0 Å². The molecule has 1 atom stereocenters. The third-order valence-corrected chi connectivity index (χ3v) is 3.56. The average molecular weight is 248 g/mol. The lowest BCUT2D eigenvalue weighted by Crippen LogP contribution is -1.99. The Balaban J connectivity index is 2.38. The monoisotopic (exact) mass is 248 g/mol. The number of aliphatic hydroxyl groups excluding tert-OH is 1. The fourth-order valence-corrected chi connectivity index (χ4v) is 2.35. The van der Waals surface area contributed by atoms with Gasteiger partial charge in [0.05, 0.1) is 11.9 Å². The van der Waals surface area contributed by atoms with Crippen LogP contribution in [0.25, 0.3) is 0 Å². The van der Waals surface area contributed by atoms with Crippen LogP contribution in [0.3, 0.4) is 0 Å². The highest BCUT2D eigenvalue weighted by Crippen LogP contribution is 2.27. The highest BCUT2D eigenvalue weighted by molar-refractivity contribution is 7.99. The summed E-state index contributed by atoms with van der Waals surface area (Å²) in [6.07, 6.45) is 9.46. The molecule has 1 nitrogen and oxygen atoms in total. The van der Waals surface area contributed by atoms with E-state index in [1.54, 1.807) is 11.8 Å². The van der Waals surface area contributed by atoms with Crippen LogP contribution in [0, 0.1) is 0 Å². The number of allylic oxidation sites excluding steroid dienone is 3. The quantitative estimate of drug-likeness (QED) is 0.737. The van der Waals surface area contributed by atoms with Gasteiger partial charge in [-0.05, 0) is 12.0 Å². The molecule has 1 N–H and O–H groups in total. The normalized spacial score (nSPS) is 13.5. The lowest BCUT2D eigenvalue weighted by Gasteiger charge is -2.12. The van der Waals surface area contributed by atoms with E-state index in [9.17, 15) is 5.11 Å². The van der Waals surface area contributed by atoms with Crippen molar-refractivity contribution in [2.24, 2.45) is 0 Å². The van der Waals surface area contributed by atoms with Gasteiger partial charge in [-0.1, -0.05) is 61.6 Å². The van der Waals surface area contributed by atoms with Crippen LogP contribution in [0.2, 0.25) is 0 Å². The topological polar surface area (TPSA) is 20.2 Å². The first-order valence-corrected chi connectivity index (χ1v) is 7.02. The Hall–Kier alpha value is -0.990. The van der Waals surface area contributed by atoms with Gasteiger partial charge in [0, 0.05) is 5.75 Å². The van der Waals surface area contributed by atoms with Crippen molar-refractivity contribution in [2.75, 3.05) is 12.4 Å². The lowest BCUT2D eigenvalue weighted by molar-refractivity contribution is 0.296. The molecule has 1 rings (SSSR count). The molecule has 0 bridgehead atoms. The zero-order chi connectivity index (χ0) is 12.3. The van der Waals surface area contributed by atoms with Crippen LogP contribution >= 0.6 is 11.8 Å². The minimum Gasteiger partial charge on any atom is -0.395 e. The molecule has 1 aromatic carbocycles. The molecule has 0 saturated heterocycles. The standard InChI is InChI=1S/C15H20OS/c1-2-3-4-5-9-12-17-15(13-16)14-10-7-6-8-11-14/h3-11,15-16H,2,12-13H2,1H3. The number of aliphatic hydroxyl groups is 1. The van der Waals surface area contributed by atoms with Gasteiger partial charge in [0.2, 0.25) is 0 Å².